The zero-order chi connectivity index (χ0) is 19.8. The van der Waals surface area contributed by atoms with Gasteiger partial charge in [-0.25, -0.2) is 0 Å². The van der Waals surface area contributed by atoms with Gasteiger partial charge in [0.25, 0.3) is 0 Å². The maximum Gasteiger partial charge on any atom is 0.317 e. The molecule has 7 nitrogen and oxygen atoms in total. The lowest BCUT2D eigenvalue weighted by atomic mass is 10.0. The number of nitrogens with zero attached hydrogens (tertiary/aromatic N) is 2. The summed E-state index contributed by atoms with van der Waals surface area (Å²) in [6, 6.07) is 5.58. The molecule has 1 aliphatic rings. The molecule has 1 aromatic rings. The average molecular weight is 434 g/mol. The molecule has 1 saturated heterocycles. The summed E-state index contributed by atoms with van der Waals surface area (Å²) < 4.78 is 5.29. The molecule has 1 aromatic carbocycles. The van der Waals surface area contributed by atoms with Gasteiger partial charge in [-0.15, -0.1) is 12.4 Å². The number of hydrogen-bond acceptors (Lipinski definition) is 5. The summed E-state index contributed by atoms with van der Waals surface area (Å²) in [6.07, 6.45) is 1.74. The van der Waals surface area contributed by atoms with Crippen molar-refractivity contribution in [3.8, 4) is 5.75 Å². The van der Waals surface area contributed by atoms with Crippen LogP contribution in [-0.2, 0) is 16.1 Å². The number of carboxylic acid groups (broad SMARTS) is 1. The number of carbonyl (C=O) groups is 2. The van der Waals surface area contributed by atoms with Crippen LogP contribution in [0.15, 0.2) is 18.2 Å². The summed E-state index contributed by atoms with van der Waals surface area (Å²) in [4.78, 5) is 27.3. The molecule has 0 aliphatic carbocycles. The predicted octanol–water partition coefficient (Wildman–Crippen LogP) is 2.26. The molecular formula is C19H29Cl2N3O4. The topological polar surface area (TPSA) is 82.1 Å². The van der Waals surface area contributed by atoms with Crippen molar-refractivity contribution in [3.63, 3.8) is 0 Å². The lowest BCUT2D eigenvalue weighted by Gasteiger charge is -2.37. The van der Waals surface area contributed by atoms with E-state index in [0.29, 0.717) is 23.9 Å². The minimum absolute atomic E-state index is 0. The van der Waals surface area contributed by atoms with Crippen molar-refractivity contribution in [3.05, 3.63) is 28.8 Å². The van der Waals surface area contributed by atoms with E-state index < -0.39 is 5.97 Å². The van der Waals surface area contributed by atoms with Gasteiger partial charge in [0.15, 0.2) is 0 Å². The molecule has 0 spiro atoms. The highest BCUT2D eigenvalue weighted by molar-refractivity contribution is 6.30. The zero-order valence-corrected chi connectivity index (χ0v) is 17.9. The number of rotatable bonds is 9. The largest absolute Gasteiger partial charge is 0.496 e. The van der Waals surface area contributed by atoms with Crippen molar-refractivity contribution >= 4 is 35.9 Å². The smallest absolute Gasteiger partial charge is 0.317 e. The summed E-state index contributed by atoms with van der Waals surface area (Å²) in [5, 5.41) is 12.5. The van der Waals surface area contributed by atoms with Crippen molar-refractivity contribution < 1.29 is 19.4 Å². The van der Waals surface area contributed by atoms with Crippen LogP contribution in [0.3, 0.4) is 0 Å². The average Bonchev–Trinajstić information content (AvgIpc) is 2.65. The summed E-state index contributed by atoms with van der Waals surface area (Å²) in [6.45, 7) is 5.04. The number of carboxylic acids is 1. The summed E-state index contributed by atoms with van der Waals surface area (Å²) >= 11 is 6.01. The Labute approximate surface area is 177 Å². The minimum Gasteiger partial charge on any atom is -0.496 e. The number of benzene rings is 1. The van der Waals surface area contributed by atoms with Crippen molar-refractivity contribution in [1.82, 2.24) is 15.1 Å². The second-order valence-electron chi connectivity index (χ2n) is 6.70. The van der Waals surface area contributed by atoms with Crippen molar-refractivity contribution in [1.29, 1.82) is 0 Å². The van der Waals surface area contributed by atoms with Crippen molar-refractivity contribution in [2.45, 2.75) is 32.4 Å². The normalized spacial score (nSPS) is 15.1. The van der Waals surface area contributed by atoms with E-state index in [1.54, 1.807) is 25.3 Å². The third-order valence-electron chi connectivity index (χ3n) is 4.90. The molecule has 28 heavy (non-hydrogen) atoms. The fraction of sp³-hybridized carbons (Fsp3) is 0.579. The fourth-order valence-electron chi connectivity index (χ4n) is 3.45. The van der Waals surface area contributed by atoms with Gasteiger partial charge >= 0.3 is 5.97 Å². The first-order valence-corrected chi connectivity index (χ1v) is 9.58. The Bertz CT molecular complexity index is 652. The van der Waals surface area contributed by atoms with Gasteiger partial charge < -0.3 is 15.2 Å². The summed E-state index contributed by atoms with van der Waals surface area (Å²) in [5.74, 6) is -0.151. The van der Waals surface area contributed by atoms with Gasteiger partial charge in [-0.1, -0.05) is 18.5 Å². The van der Waals surface area contributed by atoms with Gasteiger partial charge in [-0.3, -0.25) is 19.4 Å². The zero-order valence-electron chi connectivity index (χ0n) is 16.3. The number of nitrogens with one attached hydrogen (secondary N) is 1. The number of likely N-dealkylation sites (N-methyl/N-ethyl adjacent to an activating group) is 1. The fourth-order valence-corrected chi connectivity index (χ4v) is 3.65. The van der Waals surface area contributed by atoms with E-state index in [4.69, 9.17) is 21.4 Å². The Kier molecular flexibility index (Phi) is 10.6. The number of carbonyl (C=O) groups excluding carboxylic acids is 1. The van der Waals surface area contributed by atoms with E-state index in [1.807, 2.05) is 11.8 Å². The number of piperidine rings is 1. The molecule has 1 heterocycles. The highest BCUT2D eigenvalue weighted by atomic mass is 35.5. The molecule has 1 amide bonds. The first kappa shape index (κ1) is 24.5. The Hall–Kier alpha value is -1.54. The van der Waals surface area contributed by atoms with Gasteiger partial charge in [0.05, 0.1) is 20.2 Å². The number of aliphatic carboxylic acids is 1. The van der Waals surface area contributed by atoms with Crippen LogP contribution in [0.2, 0.25) is 5.02 Å². The van der Waals surface area contributed by atoms with Crippen LogP contribution in [0.25, 0.3) is 0 Å². The molecule has 0 aromatic heterocycles. The Morgan fingerprint density at radius 1 is 1.36 bits per heavy atom. The highest BCUT2D eigenvalue weighted by Crippen LogP contribution is 2.22. The first-order chi connectivity index (χ1) is 12.9. The summed E-state index contributed by atoms with van der Waals surface area (Å²) in [5.41, 5.74) is 0.837. The van der Waals surface area contributed by atoms with Crippen molar-refractivity contribution in [2.24, 2.45) is 0 Å². The molecule has 2 rings (SSSR count). The van der Waals surface area contributed by atoms with Gasteiger partial charge in [0, 0.05) is 36.3 Å². The lowest BCUT2D eigenvalue weighted by molar-refractivity contribution is -0.139. The van der Waals surface area contributed by atoms with E-state index in [9.17, 15) is 9.59 Å². The van der Waals surface area contributed by atoms with E-state index in [-0.39, 0.29) is 30.9 Å². The van der Waals surface area contributed by atoms with Crippen LogP contribution >= 0.6 is 24.0 Å². The number of ether oxygens (including phenoxy) is 1. The number of halogens is 2. The molecule has 1 aliphatic heterocycles. The molecule has 0 saturated carbocycles. The minimum atomic E-state index is -0.796. The van der Waals surface area contributed by atoms with E-state index in [0.717, 1.165) is 38.0 Å². The second kappa shape index (κ2) is 12.1. The Morgan fingerprint density at radius 3 is 2.61 bits per heavy atom. The molecule has 0 bridgehead atoms. The van der Waals surface area contributed by atoms with Crippen LogP contribution in [0.5, 0.6) is 5.75 Å². The van der Waals surface area contributed by atoms with Crippen LogP contribution < -0.4 is 10.1 Å². The third kappa shape index (κ3) is 7.47. The number of likely N-dealkylation sites (tertiary alicyclic amines) is 1. The SMILES string of the molecule is CCN(CC(=O)O)C1CCN(CC(=O)NCc2cc(Cl)ccc2OC)CC1.Cl. The number of amides is 1. The van der Waals surface area contributed by atoms with E-state index in [1.165, 1.54) is 0 Å². The lowest BCUT2D eigenvalue weighted by Crippen LogP contribution is -2.48. The number of methoxy groups -OCH3 is 1. The van der Waals surface area contributed by atoms with Crippen LogP contribution in [-0.4, -0.2) is 72.7 Å². The van der Waals surface area contributed by atoms with E-state index in [2.05, 4.69) is 10.2 Å². The van der Waals surface area contributed by atoms with E-state index >= 15 is 0 Å². The maximum atomic E-state index is 12.3. The third-order valence-corrected chi connectivity index (χ3v) is 5.14. The molecule has 0 atom stereocenters. The quantitative estimate of drug-likeness (QED) is 0.621. The van der Waals surface area contributed by atoms with Crippen molar-refractivity contribution in [2.75, 3.05) is 39.8 Å². The Morgan fingerprint density at radius 2 is 2.04 bits per heavy atom. The standard InChI is InChI=1S/C19H28ClN3O4.ClH/c1-3-23(13-19(25)26)16-6-8-22(9-7-16)12-18(24)21-11-14-10-15(20)4-5-17(14)27-2;/h4-5,10,16H,3,6-9,11-13H2,1-2H3,(H,21,24)(H,25,26);1H. The van der Waals surface area contributed by atoms with Gasteiger partial charge in [0.2, 0.25) is 5.91 Å². The number of hydrogen-bond donors (Lipinski definition) is 2. The Balaban J connectivity index is 0.00000392. The molecular weight excluding hydrogens is 405 g/mol. The molecule has 0 unspecified atom stereocenters. The monoisotopic (exact) mass is 433 g/mol. The maximum absolute atomic E-state index is 12.3. The summed E-state index contributed by atoms with van der Waals surface area (Å²) in [7, 11) is 1.59. The highest BCUT2D eigenvalue weighted by Gasteiger charge is 2.25. The first-order valence-electron chi connectivity index (χ1n) is 9.20. The predicted molar refractivity (Wildman–Crippen MR) is 111 cm³/mol. The molecule has 158 valence electrons. The molecule has 2 N–H and O–H groups in total. The van der Waals surface area contributed by atoms with Gasteiger partial charge in [0.1, 0.15) is 5.75 Å². The van der Waals surface area contributed by atoms with Crippen LogP contribution in [0, 0.1) is 0 Å². The second-order valence-corrected chi connectivity index (χ2v) is 7.13. The van der Waals surface area contributed by atoms with Gasteiger partial charge in [-0.2, -0.15) is 0 Å². The van der Waals surface area contributed by atoms with Gasteiger partial charge in [-0.05, 0) is 37.6 Å². The van der Waals surface area contributed by atoms with Crippen LogP contribution in [0.4, 0.5) is 0 Å². The molecule has 0 radical (unpaired) electrons. The molecule has 9 heteroatoms. The molecule has 1 fully saturated rings. The van der Waals surface area contributed by atoms with Crippen LogP contribution in [0.1, 0.15) is 25.3 Å².